The van der Waals surface area contributed by atoms with Crippen LogP contribution in [0, 0.1) is 0 Å². The highest BCUT2D eigenvalue weighted by atomic mass is 14.7. The van der Waals surface area contributed by atoms with Gasteiger partial charge in [0.2, 0.25) is 0 Å². The third kappa shape index (κ3) is 4.29. The second kappa shape index (κ2) is 7.56. The van der Waals surface area contributed by atoms with Crippen LogP contribution in [-0.4, -0.2) is 4.98 Å². The van der Waals surface area contributed by atoms with E-state index in [1.54, 1.807) is 0 Å². The average Bonchev–Trinajstić information content (AvgIpc) is 2.60. The molecule has 0 saturated heterocycles. The first-order valence-electron chi connectivity index (χ1n) is 7.92. The fraction of sp³-hybridized carbons (Fsp3) is 0.190. The van der Waals surface area contributed by atoms with Crippen molar-refractivity contribution < 1.29 is 0 Å². The molecule has 0 fully saturated rings. The summed E-state index contributed by atoms with van der Waals surface area (Å²) in [6.45, 7) is 0. The highest BCUT2D eigenvalue weighted by Crippen LogP contribution is 2.10. The molecule has 1 heterocycles. The Morgan fingerprint density at radius 1 is 0.545 bits per heavy atom. The molecular formula is C21H21N. The van der Waals surface area contributed by atoms with E-state index in [0.717, 1.165) is 25.7 Å². The molecule has 0 aliphatic carbocycles. The number of aromatic nitrogens is 1. The minimum atomic E-state index is 1.00. The van der Waals surface area contributed by atoms with E-state index in [1.807, 2.05) is 6.20 Å². The lowest BCUT2D eigenvalue weighted by Crippen LogP contribution is -1.97. The van der Waals surface area contributed by atoms with Gasteiger partial charge in [0, 0.05) is 11.9 Å². The maximum Gasteiger partial charge on any atom is 0.0409 e. The fourth-order valence-electron chi connectivity index (χ4n) is 2.67. The molecule has 0 atom stereocenters. The van der Waals surface area contributed by atoms with E-state index in [0.29, 0.717) is 0 Å². The van der Waals surface area contributed by atoms with Crippen molar-refractivity contribution in [2.75, 3.05) is 0 Å². The van der Waals surface area contributed by atoms with Gasteiger partial charge in [-0.1, -0.05) is 60.7 Å². The zero-order valence-electron chi connectivity index (χ0n) is 12.8. The third-order valence-electron chi connectivity index (χ3n) is 3.94. The van der Waals surface area contributed by atoms with Crippen LogP contribution in [0.3, 0.4) is 0 Å². The van der Waals surface area contributed by atoms with E-state index >= 15 is 0 Å². The van der Waals surface area contributed by atoms with Crippen molar-refractivity contribution in [3.8, 4) is 0 Å². The van der Waals surface area contributed by atoms with Gasteiger partial charge in [-0.05, 0) is 54.5 Å². The molecule has 0 unspecified atom stereocenters. The summed E-state index contributed by atoms with van der Waals surface area (Å²) in [4.78, 5) is 4.51. The van der Waals surface area contributed by atoms with Gasteiger partial charge < -0.3 is 0 Å². The number of aryl methyl sites for hydroxylation is 4. The molecule has 1 aromatic heterocycles. The van der Waals surface area contributed by atoms with E-state index in [2.05, 4.69) is 77.8 Å². The Morgan fingerprint density at radius 3 is 1.73 bits per heavy atom. The summed E-state index contributed by atoms with van der Waals surface area (Å²) in [7, 11) is 0. The topological polar surface area (TPSA) is 12.9 Å². The number of pyridine rings is 1. The highest BCUT2D eigenvalue weighted by molar-refractivity contribution is 5.22. The largest absolute Gasteiger partial charge is 0.261 e. The Morgan fingerprint density at radius 2 is 1.09 bits per heavy atom. The van der Waals surface area contributed by atoms with Crippen LogP contribution in [0.5, 0.6) is 0 Å². The van der Waals surface area contributed by atoms with Crippen LogP contribution >= 0.6 is 0 Å². The van der Waals surface area contributed by atoms with E-state index in [4.69, 9.17) is 0 Å². The molecule has 1 nitrogen and oxygen atoms in total. The summed E-state index contributed by atoms with van der Waals surface area (Å²) < 4.78 is 0. The van der Waals surface area contributed by atoms with Crippen LogP contribution in [0.4, 0.5) is 0 Å². The Kier molecular flexibility index (Phi) is 4.99. The van der Waals surface area contributed by atoms with Crippen LogP contribution in [0.1, 0.15) is 22.4 Å². The van der Waals surface area contributed by atoms with Crippen molar-refractivity contribution in [3.05, 3.63) is 101 Å². The normalized spacial score (nSPS) is 10.5. The molecule has 0 N–H and O–H groups in total. The molecule has 2 aromatic carbocycles. The second-order valence-corrected chi connectivity index (χ2v) is 5.63. The van der Waals surface area contributed by atoms with Gasteiger partial charge in [-0.3, -0.25) is 4.98 Å². The predicted molar refractivity (Wildman–Crippen MR) is 91.9 cm³/mol. The van der Waals surface area contributed by atoms with Crippen LogP contribution in [0.2, 0.25) is 0 Å². The average molecular weight is 287 g/mol. The van der Waals surface area contributed by atoms with Crippen LogP contribution < -0.4 is 0 Å². The second-order valence-electron chi connectivity index (χ2n) is 5.63. The first-order chi connectivity index (χ1) is 10.9. The zero-order valence-corrected chi connectivity index (χ0v) is 12.8. The highest BCUT2D eigenvalue weighted by Gasteiger charge is 2.00. The number of benzene rings is 2. The monoisotopic (exact) mass is 287 g/mol. The SMILES string of the molecule is c1ccc(CCc2ccnc(CCc3ccccc3)c2)cc1. The minimum absolute atomic E-state index is 1.00. The summed E-state index contributed by atoms with van der Waals surface area (Å²) in [5.41, 5.74) is 5.33. The first kappa shape index (κ1) is 14.5. The first-order valence-corrected chi connectivity index (χ1v) is 7.92. The Labute approximate surface area is 132 Å². The number of hydrogen-bond acceptors (Lipinski definition) is 1. The summed E-state index contributed by atoms with van der Waals surface area (Å²) in [6, 6.07) is 25.7. The van der Waals surface area contributed by atoms with Crippen molar-refractivity contribution in [1.29, 1.82) is 0 Å². The smallest absolute Gasteiger partial charge is 0.0409 e. The van der Waals surface area contributed by atoms with Crippen molar-refractivity contribution in [2.24, 2.45) is 0 Å². The molecule has 0 aliphatic heterocycles. The van der Waals surface area contributed by atoms with Gasteiger partial charge in [0.15, 0.2) is 0 Å². The van der Waals surface area contributed by atoms with Gasteiger partial charge in [0.05, 0.1) is 0 Å². The standard InChI is InChI=1S/C21H21N/c1-3-7-18(8-4-1)11-12-20-15-16-22-21(17-20)14-13-19-9-5-2-6-10-19/h1-10,15-17H,11-14H2. The predicted octanol–water partition coefficient (Wildman–Crippen LogP) is 4.65. The van der Waals surface area contributed by atoms with Gasteiger partial charge in [-0.15, -0.1) is 0 Å². The van der Waals surface area contributed by atoms with Gasteiger partial charge in [0.25, 0.3) is 0 Å². The molecular weight excluding hydrogens is 266 g/mol. The van der Waals surface area contributed by atoms with Crippen LogP contribution in [-0.2, 0) is 25.7 Å². The third-order valence-corrected chi connectivity index (χ3v) is 3.94. The van der Waals surface area contributed by atoms with E-state index < -0.39 is 0 Å². The molecule has 0 radical (unpaired) electrons. The van der Waals surface area contributed by atoms with E-state index in [9.17, 15) is 0 Å². The van der Waals surface area contributed by atoms with Crippen molar-refractivity contribution in [2.45, 2.75) is 25.7 Å². The van der Waals surface area contributed by atoms with E-state index in [-0.39, 0.29) is 0 Å². The molecule has 3 aromatic rings. The Hall–Kier alpha value is -2.41. The number of nitrogens with zero attached hydrogens (tertiary/aromatic N) is 1. The summed E-state index contributed by atoms with van der Waals surface area (Å²) in [6.07, 6.45) is 6.16. The Bertz CT molecular complexity index is 631. The maximum atomic E-state index is 4.51. The van der Waals surface area contributed by atoms with Crippen molar-refractivity contribution >= 4 is 0 Å². The molecule has 0 spiro atoms. The molecule has 0 saturated carbocycles. The minimum Gasteiger partial charge on any atom is -0.261 e. The van der Waals surface area contributed by atoms with Crippen LogP contribution in [0.15, 0.2) is 79.0 Å². The van der Waals surface area contributed by atoms with Gasteiger partial charge in [-0.25, -0.2) is 0 Å². The van der Waals surface area contributed by atoms with Crippen molar-refractivity contribution in [3.63, 3.8) is 0 Å². The lowest BCUT2D eigenvalue weighted by Gasteiger charge is -2.05. The van der Waals surface area contributed by atoms with Gasteiger partial charge in [-0.2, -0.15) is 0 Å². The molecule has 0 amide bonds. The summed E-state index contributed by atoms with van der Waals surface area (Å²) >= 11 is 0. The lowest BCUT2D eigenvalue weighted by atomic mass is 10.0. The van der Waals surface area contributed by atoms with Gasteiger partial charge in [0.1, 0.15) is 0 Å². The molecule has 22 heavy (non-hydrogen) atoms. The van der Waals surface area contributed by atoms with Gasteiger partial charge >= 0.3 is 0 Å². The lowest BCUT2D eigenvalue weighted by molar-refractivity contribution is 0.892. The van der Waals surface area contributed by atoms with Crippen molar-refractivity contribution in [1.82, 2.24) is 4.98 Å². The van der Waals surface area contributed by atoms with E-state index in [1.165, 1.54) is 22.4 Å². The zero-order chi connectivity index (χ0) is 15.0. The number of hydrogen-bond donors (Lipinski definition) is 0. The Balaban J connectivity index is 1.58. The molecule has 1 heteroatoms. The van der Waals surface area contributed by atoms with Crippen LogP contribution in [0.25, 0.3) is 0 Å². The molecule has 110 valence electrons. The quantitative estimate of drug-likeness (QED) is 0.643. The summed E-state index contributed by atoms with van der Waals surface area (Å²) in [5.74, 6) is 0. The maximum absolute atomic E-state index is 4.51. The molecule has 3 rings (SSSR count). The summed E-state index contributed by atoms with van der Waals surface area (Å²) in [5, 5.41) is 0. The molecule has 0 aliphatic rings. The molecule has 0 bridgehead atoms. The number of rotatable bonds is 6. The fourth-order valence-corrected chi connectivity index (χ4v) is 2.67.